The highest BCUT2D eigenvalue weighted by Gasteiger charge is 2.34. The van der Waals surface area contributed by atoms with Gasteiger partial charge in [0.05, 0.1) is 0 Å². The van der Waals surface area contributed by atoms with Crippen LogP contribution in [0.3, 0.4) is 0 Å². The highest BCUT2D eigenvalue weighted by molar-refractivity contribution is 5.76. The van der Waals surface area contributed by atoms with Gasteiger partial charge in [0.25, 0.3) is 0 Å². The molecule has 1 aliphatic rings. The van der Waals surface area contributed by atoms with Gasteiger partial charge < -0.3 is 10.6 Å². The Bertz CT molecular complexity index is 510. The fraction of sp³-hybridized carbons (Fsp3) is 0.583. The van der Waals surface area contributed by atoms with E-state index in [4.69, 9.17) is 5.73 Å². The van der Waals surface area contributed by atoms with Gasteiger partial charge in [0.2, 0.25) is 11.9 Å². The number of nitrogens with two attached hydrogens (primary N) is 1. The minimum atomic E-state index is -4.49. The van der Waals surface area contributed by atoms with E-state index in [9.17, 15) is 18.0 Å². The van der Waals surface area contributed by atoms with Crippen molar-refractivity contribution < 1.29 is 18.0 Å². The average Bonchev–Trinajstić information content (AvgIpc) is 2.37. The van der Waals surface area contributed by atoms with Crippen molar-refractivity contribution >= 4 is 11.9 Å². The van der Waals surface area contributed by atoms with Crippen molar-refractivity contribution in [1.29, 1.82) is 0 Å². The summed E-state index contributed by atoms with van der Waals surface area (Å²) in [4.78, 5) is 20.3. The lowest BCUT2D eigenvalue weighted by atomic mass is 9.96. The van der Waals surface area contributed by atoms with Gasteiger partial charge in [0.1, 0.15) is 5.69 Å². The third kappa shape index (κ3) is 3.17. The number of alkyl halides is 3. The van der Waals surface area contributed by atoms with E-state index >= 15 is 0 Å². The molecule has 1 aromatic rings. The molecule has 2 heterocycles. The Morgan fingerprint density at radius 3 is 2.45 bits per heavy atom. The van der Waals surface area contributed by atoms with Crippen LogP contribution in [-0.4, -0.2) is 29.0 Å². The summed E-state index contributed by atoms with van der Waals surface area (Å²) in [5.74, 6) is -0.538. The first-order valence-electron chi connectivity index (χ1n) is 6.24. The second-order valence-electron chi connectivity index (χ2n) is 4.86. The third-order valence-electron chi connectivity index (χ3n) is 3.31. The number of carbonyl (C=O) groups excluding carboxylic acids is 1. The molecule has 20 heavy (non-hydrogen) atoms. The first-order chi connectivity index (χ1) is 9.27. The monoisotopic (exact) mass is 288 g/mol. The molecule has 0 atom stereocenters. The molecule has 1 amide bonds. The van der Waals surface area contributed by atoms with Crippen LogP contribution in [-0.2, 0) is 11.0 Å². The molecule has 2 rings (SSSR count). The maximum absolute atomic E-state index is 12.7. The Morgan fingerprint density at radius 1 is 1.35 bits per heavy atom. The number of rotatable bonds is 2. The summed E-state index contributed by atoms with van der Waals surface area (Å²) in [6.07, 6.45) is -3.48. The van der Waals surface area contributed by atoms with Crippen LogP contribution in [0.25, 0.3) is 0 Å². The summed E-state index contributed by atoms with van der Waals surface area (Å²) in [6.45, 7) is 2.35. The quantitative estimate of drug-likeness (QED) is 0.895. The molecule has 0 radical (unpaired) electrons. The predicted octanol–water partition coefficient (Wildman–Crippen LogP) is 1.51. The second-order valence-corrected chi connectivity index (χ2v) is 4.86. The van der Waals surface area contributed by atoms with Crippen LogP contribution in [0.1, 0.15) is 24.2 Å². The molecule has 0 aromatic carbocycles. The fourth-order valence-corrected chi connectivity index (χ4v) is 2.20. The van der Waals surface area contributed by atoms with Crippen LogP contribution in [0, 0.1) is 12.8 Å². The Balaban J connectivity index is 2.18. The van der Waals surface area contributed by atoms with Crippen LogP contribution in [0.15, 0.2) is 6.07 Å². The Kier molecular flexibility index (Phi) is 3.82. The topological polar surface area (TPSA) is 72.1 Å². The number of anilines is 1. The maximum Gasteiger partial charge on any atom is 0.433 e. The van der Waals surface area contributed by atoms with E-state index in [0.29, 0.717) is 25.9 Å². The van der Waals surface area contributed by atoms with Crippen molar-refractivity contribution in [1.82, 2.24) is 9.97 Å². The van der Waals surface area contributed by atoms with Crippen molar-refractivity contribution in [2.24, 2.45) is 11.7 Å². The summed E-state index contributed by atoms with van der Waals surface area (Å²) in [5.41, 5.74) is 4.54. The largest absolute Gasteiger partial charge is 0.433 e. The van der Waals surface area contributed by atoms with Gasteiger partial charge in [-0.25, -0.2) is 9.97 Å². The van der Waals surface area contributed by atoms with Gasteiger partial charge in [-0.3, -0.25) is 4.79 Å². The van der Waals surface area contributed by atoms with Gasteiger partial charge >= 0.3 is 6.18 Å². The number of hydrogen-bond donors (Lipinski definition) is 1. The van der Waals surface area contributed by atoms with E-state index < -0.39 is 11.9 Å². The Labute approximate surface area is 114 Å². The molecule has 8 heteroatoms. The molecule has 0 bridgehead atoms. The van der Waals surface area contributed by atoms with E-state index in [1.165, 1.54) is 6.92 Å². The fourth-order valence-electron chi connectivity index (χ4n) is 2.20. The highest BCUT2D eigenvalue weighted by atomic mass is 19.4. The molecule has 0 unspecified atom stereocenters. The van der Waals surface area contributed by atoms with E-state index in [1.54, 1.807) is 4.90 Å². The summed E-state index contributed by atoms with van der Waals surface area (Å²) in [5, 5.41) is 0. The second kappa shape index (κ2) is 5.26. The van der Waals surface area contributed by atoms with Gasteiger partial charge in [0, 0.05) is 24.7 Å². The van der Waals surface area contributed by atoms with Gasteiger partial charge in [-0.15, -0.1) is 0 Å². The third-order valence-corrected chi connectivity index (χ3v) is 3.31. The van der Waals surface area contributed by atoms with E-state index in [2.05, 4.69) is 9.97 Å². The van der Waals surface area contributed by atoms with Crippen molar-refractivity contribution in [2.45, 2.75) is 25.9 Å². The molecule has 1 aliphatic heterocycles. The lowest BCUT2D eigenvalue weighted by molar-refractivity contribution is -0.141. The zero-order valence-corrected chi connectivity index (χ0v) is 10.9. The van der Waals surface area contributed by atoms with Crippen LogP contribution in [0.2, 0.25) is 0 Å². The zero-order valence-electron chi connectivity index (χ0n) is 10.9. The van der Waals surface area contributed by atoms with E-state index in [-0.39, 0.29) is 23.5 Å². The molecule has 2 N–H and O–H groups in total. The van der Waals surface area contributed by atoms with Crippen molar-refractivity contribution in [3.8, 4) is 0 Å². The Morgan fingerprint density at radius 2 is 1.95 bits per heavy atom. The van der Waals surface area contributed by atoms with Crippen LogP contribution in [0.4, 0.5) is 19.1 Å². The normalized spacial score (nSPS) is 17.3. The summed E-state index contributed by atoms with van der Waals surface area (Å²) >= 11 is 0. The number of amides is 1. The molecule has 110 valence electrons. The minimum Gasteiger partial charge on any atom is -0.369 e. The van der Waals surface area contributed by atoms with Crippen LogP contribution < -0.4 is 10.6 Å². The molecular weight excluding hydrogens is 273 g/mol. The van der Waals surface area contributed by atoms with Gasteiger partial charge in [-0.05, 0) is 25.8 Å². The summed E-state index contributed by atoms with van der Waals surface area (Å²) in [6, 6.07) is 0.916. The number of primary amides is 1. The van der Waals surface area contributed by atoms with Gasteiger partial charge in [-0.1, -0.05) is 0 Å². The van der Waals surface area contributed by atoms with Gasteiger partial charge in [0.15, 0.2) is 0 Å². The molecule has 0 saturated carbocycles. The SMILES string of the molecule is Cc1cc(C(F)(F)F)nc(N2CCC(C(N)=O)CC2)n1. The lowest BCUT2D eigenvalue weighted by Gasteiger charge is -2.30. The van der Waals surface area contributed by atoms with Crippen molar-refractivity contribution in [3.05, 3.63) is 17.5 Å². The lowest BCUT2D eigenvalue weighted by Crippen LogP contribution is -2.39. The first-order valence-corrected chi connectivity index (χ1v) is 6.24. The first kappa shape index (κ1) is 14.5. The Hall–Kier alpha value is -1.86. The molecule has 1 aromatic heterocycles. The van der Waals surface area contributed by atoms with Crippen LogP contribution in [0.5, 0.6) is 0 Å². The molecule has 1 fully saturated rings. The molecule has 0 aliphatic carbocycles. The highest BCUT2D eigenvalue weighted by Crippen LogP contribution is 2.30. The number of hydrogen-bond acceptors (Lipinski definition) is 4. The molecule has 0 spiro atoms. The maximum atomic E-state index is 12.7. The summed E-state index contributed by atoms with van der Waals surface area (Å²) < 4.78 is 38.1. The number of aryl methyl sites for hydroxylation is 1. The minimum absolute atomic E-state index is 0.0558. The zero-order chi connectivity index (χ0) is 14.9. The molecule has 1 saturated heterocycles. The molecular formula is C12H15F3N4O. The van der Waals surface area contributed by atoms with Crippen molar-refractivity contribution in [2.75, 3.05) is 18.0 Å². The standard InChI is InChI=1S/C12H15F3N4O/c1-7-6-9(12(13,14)15)18-11(17-7)19-4-2-8(3-5-19)10(16)20/h6,8H,2-5H2,1H3,(H2,16,20). The van der Waals surface area contributed by atoms with Gasteiger partial charge in [-0.2, -0.15) is 13.2 Å². The van der Waals surface area contributed by atoms with Crippen LogP contribution >= 0.6 is 0 Å². The van der Waals surface area contributed by atoms with E-state index in [0.717, 1.165) is 6.07 Å². The number of aromatic nitrogens is 2. The van der Waals surface area contributed by atoms with Crippen molar-refractivity contribution in [3.63, 3.8) is 0 Å². The number of piperidine rings is 1. The summed E-state index contributed by atoms with van der Waals surface area (Å²) in [7, 11) is 0. The molecule has 5 nitrogen and oxygen atoms in total. The average molecular weight is 288 g/mol. The number of carbonyl (C=O) groups is 1. The number of halogens is 3. The van der Waals surface area contributed by atoms with E-state index in [1.807, 2.05) is 0 Å². The predicted molar refractivity (Wildman–Crippen MR) is 65.9 cm³/mol. The smallest absolute Gasteiger partial charge is 0.369 e. The number of nitrogens with zero attached hydrogens (tertiary/aromatic N) is 3.